The van der Waals surface area contributed by atoms with E-state index < -0.39 is 35.1 Å². The summed E-state index contributed by atoms with van der Waals surface area (Å²) < 4.78 is 28.4. The number of fused-ring (bicyclic) bond motifs is 5. The second kappa shape index (κ2) is 9.67. The number of aliphatic hydroxyl groups excluding tert-OH is 1. The first-order valence-electron chi connectivity index (χ1n) is 13.9. The first-order chi connectivity index (χ1) is 20.6. The highest BCUT2D eigenvalue weighted by Crippen LogP contribution is 2.45. The van der Waals surface area contributed by atoms with Crippen molar-refractivity contribution in [2.45, 2.75) is 71.2 Å². The molecule has 0 radical (unpaired) electrons. The number of hydrogen-bond donors (Lipinski definition) is 3. The summed E-state index contributed by atoms with van der Waals surface area (Å²) in [4.78, 5) is 44.0. The number of amides is 1. The summed E-state index contributed by atoms with van der Waals surface area (Å²) in [5.74, 6) is -1.24. The van der Waals surface area contributed by atoms with Crippen LogP contribution in [0.5, 0.6) is 0 Å². The lowest BCUT2D eigenvalue weighted by Gasteiger charge is -2.31. The molecule has 1 amide bonds. The van der Waals surface area contributed by atoms with Gasteiger partial charge in [0.2, 0.25) is 0 Å². The van der Waals surface area contributed by atoms with Crippen molar-refractivity contribution in [3.05, 3.63) is 73.6 Å². The normalized spacial score (nSPS) is 19.9. The van der Waals surface area contributed by atoms with E-state index in [0.29, 0.717) is 57.5 Å². The molecule has 0 unspecified atom stereocenters. The molecule has 2 aliphatic heterocycles. The van der Waals surface area contributed by atoms with E-state index in [-0.39, 0.29) is 44.0 Å². The maximum atomic E-state index is 15.1. The molecule has 0 fully saturated rings. The molecule has 43 heavy (non-hydrogen) atoms. The average molecular weight is 591 g/mol. The van der Waals surface area contributed by atoms with Crippen LogP contribution in [-0.4, -0.2) is 46.8 Å². The molecule has 3 aliphatic rings. The number of pyridine rings is 2. The van der Waals surface area contributed by atoms with Gasteiger partial charge in [0.25, 0.3) is 5.56 Å². The molecule has 3 N–H and O–H groups in total. The Labute approximate surface area is 242 Å². The molecule has 0 bridgehead atoms. The smallest absolute Gasteiger partial charge is 0.409 e. The van der Waals surface area contributed by atoms with Gasteiger partial charge in [-0.25, -0.2) is 23.6 Å². The number of aromatic nitrogens is 5. The Hall–Kier alpha value is -4.69. The van der Waals surface area contributed by atoms with Crippen molar-refractivity contribution in [2.24, 2.45) is 0 Å². The summed E-state index contributed by atoms with van der Waals surface area (Å²) in [6.45, 7) is 2.67. The quantitative estimate of drug-likeness (QED) is 0.257. The Balaban J connectivity index is 1.34. The van der Waals surface area contributed by atoms with Gasteiger partial charge in [0.15, 0.2) is 12.3 Å². The summed E-state index contributed by atoms with van der Waals surface area (Å²) >= 11 is 0. The first kappa shape index (κ1) is 27.2. The van der Waals surface area contributed by atoms with Gasteiger partial charge in [-0.2, -0.15) is 0 Å². The molecule has 13 nitrogen and oxygen atoms in total. The molecule has 0 spiro atoms. The van der Waals surface area contributed by atoms with E-state index >= 15 is 4.39 Å². The van der Waals surface area contributed by atoms with Gasteiger partial charge in [0.05, 0.1) is 47.9 Å². The highest BCUT2D eigenvalue weighted by Gasteiger charge is 2.46. The lowest BCUT2D eigenvalue weighted by molar-refractivity contribution is -0.172. The zero-order valence-corrected chi connectivity index (χ0v) is 23.3. The zero-order chi connectivity index (χ0) is 30.2. The lowest BCUT2D eigenvalue weighted by Crippen LogP contribution is -2.44. The molecule has 14 heteroatoms. The fourth-order valence-electron chi connectivity index (χ4n) is 6.48. The largest absolute Gasteiger partial charge is 0.458 e. The van der Waals surface area contributed by atoms with Crippen molar-refractivity contribution in [3.8, 4) is 11.4 Å². The Morgan fingerprint density at radius 3 is 2.84 bits per heavy atom. The number of hydrogen-bond acceptors (Lipinski definition) is 10. The molecule has 0 saturated heterocycles. The third kappa shape index (κ3) is 3.97. The fraction of sp³-hybridized carbons (Fsp3) is 0.379. The number of carbonyl (C=O) groups excluding carboxylic acids is 2. The molecule has 5 heterocycles. The van der Waals surface area contributed by atoms with E-state index in [9.17, 15) is 24.6 Å². The number of aryl methyl sites for hydroxylation is 1. The van der Waals surface area contributed by atoms with E-state index in [4.69, 9.17) is 14.5 Å². The molecular formula is C29H27FN6O7. The van der Waals surface area contributed by atoms with Gasteiger partial charge in [-0.1, -0.05) is 12.1 Å². The molecule has 0 saturated carbocycles. The molecular weight excluding hydrogens is 563 g/mol. The van der Waals surface area contributed by atoms with Crippen LogP contribution in [0, 0.1) is 12.7 Å². The Kier molecular flexibility index (Phi) is 6.11. The number of nitrogens with one attached hydrogen (secondary N) is 1. The number of halogens is 1. The third-order valence-corrected chi connectivity index (χ3v) is 8.75. The maximum absolute atomic E-state index is 15.1. The van der Waals surface area contributed by atoms with Gasteiger partial charge in [-0.05, 0) is 48.9 Å². The predicted molar refractivity (Wildman–Crippen MR) is 146 cm³/mol. The Morgan fingerprint density at radius 2 is 2.09 bits per heavy atom. The van der Waals surface area contributed by atoms with Gasteiger partial charge in [0, 0.05) is 22.6 Å². The molecule has 2 atom stereocenters. The Bertz CT molecular complexity index is 1940. The first-order valence-corrected chi connectivity index (χ1v) is 13.9. The van der Waals surface area contributed by atoms with Crippen molar-refractivity contribution >= 4 is 23.0 Å². The average Bonchev–Trinajstić information content (AvgIpc) is 3.62. The summed E-state index contributed by atoms with van der Waals surface area (Å²) in [5, 5.41) is 31.6. The van der Waals surface area contributed by atoms with Gasteiger partial charge in [-0.3, -0.25) is 4.79 Å². The molecule has 4 aromatic rings. The standard InChI is InChI=1S/C29H27FN6O7/c1-3-29(41)18-6-22-25-16(9-36(22)26(38)17(18)11-42-27(29)39)24-20(32-28(40)43-12-35-8-14(10-37)33-34-35)5-4-15-13(2)19(30)7-21(31-25)23(15)24/h6-8,20,37,41H,3-5,9-12H2,1-2H3,(H,32,40)/t20-,29-/m0/s1. The highest BCUT2D eigenvalue weighted by atomic mass is 19.1. The second-order valence-electron chi connectivity index (χ2n) is 11.0. The minimum absolute atomic E-state index is 0.00282. The van der Waals surface area contributed by atoms with Crippen LogP contribution in [0.1, 0.15) is 64.9 Å². The number of ether oxygens (including phenoxy) is 2. The van der Waals surface area contributed by atoms with Gasteiger partial charge < -0.3 is 29.6 Å². The number of alkyl carbamates (subject to hydrolysis) is 1. The van der Waals surface area contributed by atoms with Gasteiger partial charge >= 0.3 is 12.1 Å². The fourth-order valence-corrected chi connectivity index (χ4v) is 6.48. The number of esters is 1. The highest BCUT2D eigenvalue weighted by molar-refractivity contribution is 5.93. The predicted octanol–water partition coefficient (Wildman–Crippen LogP) is 1.98. The van der Waals surface area contributed by atoms with Crippen molar-refractivity contribution in [1.29, 1.82) is 0 Å². The number of carbonyl (C=O) groups is 2. The molecule has 3 aromatic heterocycles. The van der Waals surface area contributed by atoms with Crippen LogP contribution in [0.4, 0.5) is 9.18 Å². The summed E-state index contributed by atoms with van der Waals surface area (Å²) in [6, 6.07) is 2.40. The second-order valence-corrected chi connectivity index (χ2v) is 11.0. The van der Waals surface area contributed by atoms with Crippen LogP contribution in [-0.2, 0) is 52.8 Å². The molecule has 1 aromatic carbocycles. The van der Waals surface area contributed by atoms with Crippen LogP contribution in [0.2, 0.25) is 0 Å². The van der Waals surface area contributed by atoms with Crippen LogP contribution < -0.4 is 10.9 Å². The van der Waals surface area contributed by atoms with E-state index in [1.807, 2.05) is 0 Å². The van der Waals surface area contributed by atoms with Crippen LogP contribution >= 0.6 is 0 Å². The van der Waals surface area contributed by atoms with Gasteiger partial charge in [-0.15, -0.1) is 5.10 Å². The van der Waals surface area contributed by atoms with E-state index in [2.05, 4.69) is 15.6 Å². The molecule has 222 valence electrons. The number of cyclic esters (lactones) is 1. The van der Waals surface area contributed by atoms with Crippen molar-refractivity contribution in [2.75, 3.05) is 0 Å². The van der Waals surface area contributed by atoms with Crippen molar-refractivity contribution in [3.63, 3.8) is 0 Å². The van der Waals surface area contributed by atoms with Crippen molar-refractivity contribution < 1.29 is 33.7 Å². The number of aliphatic hydroxyl groups is 2. The zero-order valence-electron chi connectivity index (χ0n) is 23.3. The minimum atomic E-state index is -1.98. The van der Waals surface area contributed by atoms with Crippen LogP contribution in [0.3, 0.4) is 0 Å². The maximum Gasteiger partial charge on any atom is 0.409 e. The number of nitrogens with zero attached hydrogens (tertiary/aromatic N) is 5. The SMILES string of the molecule is CC[C@@]1(O)C(=O)OCc2c1cc1n(c2=O)Cc2c-1nc1cc(F)c(C)c3c1c2[C@@H](NC(=O)OCn1cc(CO)nn1)CC3. The summed E-state index contributed by atoms with van der Waals surface area (Å²) in [5.41, 5.74) is 2.14. The molecule has 7 rings (SSSR count). The van der Waals surface area contributed by atoms with Crippen molar-refractivity contribution in [1.82, 2.24) is 29.9 Å². The van der Waals surface area contributed by atoms with Crippen LogP contribution in [0.15, 0.2) is 23.1 Å². The van der Waals surface area contributed by atoms with Crippen LogP contribution in [0.25, 0.3) is 22.3 Å². The van der Waals surface area contributed by atoms with E-state index in [1.54, 1.807) is 19.9 Å². The van der Waals surface area contributed by atoms with Gasteiger partial charge in [0.1, 0.15) is 18.1 Å². The summed E-state index contributed by atoms with van der Waals surface area (Å²) in [6.07, 6.45) is 1.65. The molecule has 1 aliphatic carbocycles. The minimum Gasteiger partial charge on any atom is -0.458 e. The number of benzene rings is 1. The lowest BCUT2D eigenvalue weighted by atomic mass is 9.81. The summed E-state index contributed by atoms with van der Waals surface area (Å²) in [7, 11) is 0. The monoisotopic (exact) mass is 590 g/mol. The Morgan fingerprint density at radius 1 is 1.28 bits per heavy atom. The van der Waals surface area contributed by atoms with E-state index in [0.717, 1.165) is 5.56 Å². The van der Waals surface area contributed by atoms with E-state index in [1.165, 1.54) is 21.5 Å². The third-order valence-electron chi connectivity index (χ3n) is 8.75. The topological polar surface area (TPSA) is 171 Å². The number of rotatable bonds is 5.